The van der Waals surface area contributed by atoms with Crippen molar-refractivity contribution in [2.24, 2.45) is 0 Å². The van der Waals surface area contributed by atoms with Gasteiger partial charge in [-0.05, 0) is 24.0 Å². The molecular formula is C33H37N3O14-6. The molecule has 0 heterocycles. The van der Waals surface area contributed by atoms with Gasteiger partial charge in [0, 0.05) is 51.3 Å². The summed E-state index contributed by atoms with van der Waals surface area (Å²) in [4.78, 5) is 73.6. The lowest BCUT2D eigenvalue weighted by molar-refractivity contribution is -0.318. The summed E-state index contributed by atoms with van der Waals surface area (Å²) in [5.74, 6) is -10.2. The van der Waals surface area contributed by atoms with Crippen LogP contribution in [0.2, 0.25) is 0 Å². The number of carbonyl (C=O) groups excluding carboxylic acids is 6. The van der Waals surface area contributed by atoms with Gasteiger partial charge in [-0.15, -0.1) is 0 Å². The number of rotatable bonds is 27. The molecule has 0 aliphatic carbocycles. The van der Waals surface area contributed by atoms with Crippen LogP contribution in [0.25, 0.3) is 0 Å². The van der Waals surface area contributed by atoms with Crippen LogP contribution in [0, 0.1) is 0 Å². The molecule has 0 saturated carbocycles. The quantitative estimate of drug-likeness (QED) is 0.0838. The van der Waals surface area contributed by atoms with Crippen molar-refractivity contribution in [3.63, 3.8) is 0 Å². The zero-order valence-corrected chi connectivity index (χ0v) is 27.0. The molecule has 17 nitrogen and oxygen atoms in total. The minimum Gasteiger partial charge on any atom is -0.550 e. The molecule has 0 fully saturated rings. The number of nitrogens with zero attached hydrogens (tertiary/aromatic N) is 3. The lowest BCUT2D eigenvalue weighted by Gasteiger charge is -2.39. The van der Waals surface area contributed by atoms with Crippen LogP contribution in [0.5, 0.6) is 0 Å². The Balaban J connectivity index is 2.29. The van der Waals surface area contributed by atoms with Gasteiger partial charge in [0.1, 0.15) is 0 Å². The summed E-state index contributed by atoms with van der Waals surface area (Å²) in [5, 5.41) is 70.7. The van der Waals surface area contributed by atoms with Crippen molar-refractivity contribution >= 4 is 35.8 Å². The van der Waals surface area contributed by atoms with Gasteiger partial charge in [-0.25, -0.2) is 0 Å². The molecule has 2 aromatic rings. The molecule has 274 valence electrons. The molecule has 0 unspecified atom stereocenters. The van der Waals surface area contributed by atoms with Crippen LogP contribution >= 0.6 is 0 Å². The summed E-state index contributed by atoms with van der Waals surface area (Å²) in [6.45, 7) is -4.96. The summed E-state index contributed by atoms with van der Waals surface area (Å²) < 4.78 is 11.0. The van der Waals surface area contributed by atoms with Crippen LogP contribution in [-0.4, -0.2) is 121 Å². The second kappa shape index (κ2) is 21.9. The normalized spacial score (nSPS) is 13.2. The number of ether oxygens (including phenoxy) is 2. The molecule has 0 aliphatic heterocycles. The molecule has 0 aromatic heterocycles. The van der Waals surface area contributed by atoms with Gasteiger partial charge in [-0.2, -0.15) is 0 Å². The highest BCUT2D eigenvalue weighted by Crippen LogP contribution is 2.12. The maximum absolute atomic E-state index is 12.2. The summed E-state index contributed by atoms with van der Waals surface area (Å²) in [6.07, 6.45) is -1.34. The van der Waals surface area contributed by atoms with E-state index in [-0.39, 0.29) is 13.2 Å². The van der Waals surface area contributed by atoms with E-state index in [0.717, 1.165) is 14.7 Å². The van der Waals surface area contributed by atoms with Crippen molar-refractivity contribution in [3.05, 3.63) is 71.8 Å². The molecule has 0 saturated heterocycles. The van der Waals surface area contributed by atoms with E-state index in [0.29, 0.717) is 11.1 Å². The van der Waals surface area contributed by atoms with E-state index in [1.54, 1.807) is 60.7 Å². The summed E-state index contributed by atoms with van der Waals surface area (Å²) in [6, 6.07) is 12.2. The predicted octanol–water partition coefficient (Wildman–Crippen LogP) is -7.29. The summed E-state index contributed by atoms with van der Waals surface area (Å²) in [5.41, 5.74) is 1.38. The van der Waals surface area contributed by atoms with Gasteiger partial charge in [-0.1, -0.05) is 60.7 Å². The average Bonchev–Trinajstić information content (AvgIpc) is 3.05. The fraction of sp³-hybridized carbons (Fsp3) is 0.455. The zero-order chi connectivity index (χ0) is 37.1. The molecule has 0 aliphatic rings. The topological polar surface area (TPSA) is 269 Å². The van der Waals surface area contributed by atoms with Crippen LogP contribution in [0.15, 0.2) is 60.7 Å². The standard InChI is InChI=1S/C33H43N3O14/c37-28(38)12-11-25(31(43)44)34(13-15-35(17-29(39)40)26(32(45)46)21-49-19-23-7-3-1-4-8-23)14-16-36(18-30(41)42)27(33(47)48)22-50-20-24-9-5-2-6-10-24/h1-10,25-27H,11-22H2,(H,37,38)(H,39,40)(H,41,42)(H,43,44)(H,45,46)(H,47,48)/p-6/t25-,26-,27+/m1/s1. The lowest BCUT2D eigenvalue weighted by Crippen LogP contribution is -2.59. The third kappa shape index (κ3) is 15.5. The Morgan fingerprint density at radius 2 is 0.860 bits per heavy atom. The first-order chi connectivity index (χ1) is 23.8. The average molecular weight is 700 g/mol. The van der Waals surface area contributed by atoms with E-state index in [1.165, 1.54) is 0 Å². The molecular weight excluding hydrogens is 662 g/mol. The van der Waals surface area contributed by atoms with Gasteiger partial charge in [0.25, 0.3) is 0 Å². The Hall–Kier alpha value is -4.94. The fourth-order valence-electron chi connectivity index (χ4n) is 5.03. The van der Waals surface area contributed by atoms with Gasteiger partial charge in [0.2, 0.25) is 0 Å². The minimum atomic E-state index is -1.77. The van der Waals surface area contributed by atoms with E-state index in [9.17, 15) is 59.4 Å². The molecule has 17 heteroatoms. The van der Waals surface area contributed by atoms with Gasteiger partial charge in [0.15, 0.2) is 0 Å². The number of aliphatic carboxylic acids is 6. The first kappa shape index (κ1) is 41.2. The number of hydrogen-bond acceptors (Lipinski definition) is 17. The summed E-state index contributed by atoms with van der Waals surface area (Å²) >= 11 is 0. The van der Waals surface area contributed by atoms with Crippen LogP contribution in [0.4, 0.5) is 0 Å². The first-order valence-electron chi connectivity index (χ1n) is 15.5. The predicted molar refractivity (Wildman–Crippen MR) is 158 cm³/mol. The number of benzene rings is 2. The second-order valence-corrected chi connectivity index (χ2v) is 11.1. The maximum Gasteiger partial charge on any atom is 0.0734 e. The highest BCUT2D eigenvalue weighted by Gasteiger charge is 2.27. The van der Waals surface area contributed by atoms with E-state index in [4.69, 9.17) is 9.47 Å². The van der Waals surface area contributed by atoms with Crippen molar-refractivity contribution in [1.82, 2.24) is 14.7 Å². The molecule has 0 radical (unpaired) electrons. The van der Waals surface area contributed by atoms with Gasteiger partial charge in [0.05, 0.1) is 68.4 Å². The van der Waals surface area contributed by atoms with Crippen molar-refractivity contribution in [2.75, 3.05) is 52.5 Å². The van der Waals surface area contributed by atoms with Crippen molar-refractivity contribution in [1.29, 1.82) is 0 Å². The minimum absolute atomic E-state index is 0.0329. The van der Waals surface area contributed by atoms with Crippen molar-refractivity contribution in [3.8, 4) is 0 Å². The largest absolute Gasteiger partial charge is 0.550 e. The molecule has 0 spiro atoms. The zero-order valence-electron chi connectivity index (χ0n) is 27.0. The molecule has 2 rings (SSSR count). The van der Waals surface area contributed by atoms with Gasteiger partial charge in [-0.3, -0.25) is 14.7 Å². The highest BCUT2D eigenvalue weighted by atomic mass is 16.5. The van der Waals surface area contributed by atoms with Crippen molar-refractivity contribution in [2.45, 2.75) is 44.2 Å². The van der Waals surface area contributed by atoms with Crippen LogP contribution < -0.4 is 30.6 Å². The number of carboxylic acid groups (broad SMARTS) is 6. The molecule has 0 N–H and O–H groups in total. The third-order valence-electron chi connectivity index (χ3n) is 7.55. The fourth-order valence-corrected chi connectivity index (χ4v) is 5.03. The number of carboxylic acids is 6. The van der Waals surface area contributed by atoms with Crippen LogP contribution in [-0.2, 0) is 51.5 Å². The number of carbonyl (C=O) groups is 6. The number of hydrogen-bond donors (Lipinski definition) is 0. The summed E-state index contributed by atoms with van der Waals surface area (Å²) in [7, 11) is 0. The Morgan fingerprint density at radius 3 is 1.18 bits per heavy atom. The van der Waals surface area contributed by atoms with E-state index < -0.39 is 119 Å². The molecule has 50 heavy (non-hydrogen) atoms. The second-order valence-electron chi connectivity index (χ2n) is 11.1. The van der Waals surface area contributed by atoms with Crippen molar-refractivity contribution < 1.29 is 68.9 Å². The van der Waals surface area contributed by atoms with Gasteiger partial charge >= 0.3 is 0 Å². The Bertz CT molecular complexity index is 1310. The highest BCUT2D eigenvalue weighted by molar-refractivity contribution is 5.74. The monoisotopic (exact) mass is 699 g/mol. The Morgan fingerprint density at radius 1 is 0.500 bits per heavy atom. The molecule has 2 aromatic carbocycles. The molecule has 0 amide bonds. The lowest BCUT2D eigenvalue weighted by atomic mass is 10.1. The third-order valence-corrected chi connectivity index (χ3v) is 7.55. The van der Waals surface area contributed by atoms with E-state index in [1.807, 2.05) is 0 Å². The first-order valence-corrected chi connectivity index (χ1v) is 15.5. The smallest absolute Gasteiger partial charge is 0.0734 e. The maximum atomic E-state index is 12.2. The van der Waals surface area contributed by atoms with Gasteiger partial charge < -0.3 is 68.9 Å². The van der Waals surface area contributed by atoms with Crippen LogP contribution in [0.3, 0.4) is 0 Å². The van der Waals surface area contributed by atoms with Crippen LogP contribution in [0.1, 0.15) is 24.0 Å². The Kier molecular flexibility index (Phi) is 18.1. The van der Waals surface area contributed by atoms with E-state index >= 15 is 0 Å². The SMILES string of the molecule is O=C([O-])CC[C@H](C(=O)[O-])N(CCN(CC(=O)[O-])[C@H](COCc1ccccc1)C(=O)[O-])CCN(CC(=O)[O-])[C@@H](COCc1ccccc1)C(=O)[O-]. The Labute approximate surface area is 287 Å². The molecule has 3 atom stereocenters. The molecule has 0 bridgehead atoms. The van der Waals surface area contributed by atoms with E-state index in [2.05, 4.69) is 0 Å².